The van der Waals surface area contributed by atoms with E-state index < -0.39 is 10.0 Å². The first-order chi connectivity index (χ1) is 17.6. The van der Waals surface area contributed by atoms with Gasteiger partial charge in [-0.25, -0.2) is 8.42 Å². The van der Waals surface area contributed by atoms with E-state index in [0.29, 0.717) is 22.8 Å². The predicted octanol–water partition coefficient (Wildman–Crippen LogP) is 4.44. The molecule has 3 aromatic rings. The third-order valence-electron chi connectivity index (χ3n) is 6.53. The fourth-order valence-electron chi connectivity index (χ4n) is 4.43. The number of rotatable bonds is 8. The van der Waals surface area contributed by atoms with Crippen LogP contribution in [0.1, 0.15) is 30.9 Å². The van der Waals surface area contributed by atoms with E-state index in [1.165, 1.54) is 10.6 Å². The van der Waals surface area contributed by atoms with Crippen LogP contribution in [0.4, 0.5) is 5.69 Å². The van der Waals surface area contributed by atoms with E-state index in [-0.39, 0.29) is 18.5 Å². The van der Waals surface area contributed by atoms with Gasteiger partial charge in [0, 0.05) is 31.5 Å². The lowest BCUT2D eigenvalue weighted by atomic mass is 10.0. The van der Waals surface area contributed by atoms with Crippen molar-refractivity contribution in [1.29, 1.82) is 10.8 Å². The molecule has 4 N–H and O–H groups in total. The third kappa shape index (κ3) is 6.68. The molecule has 8 nitrogen and oxygen atoms in total. The summed E-state index contributed by atoms with van der Waals surface area (Å²) >= 11 is 0. The second kappa shape index (κ2) is 11.0. The largest absolute Gasteiger partial charge is 0.490 e. The van der Waals surface area contributed by atoms with Gasteiger partial charge in [0.25, 0.3) is 0 Å². The van der Waals surface area contributed by atoms with Crippen LogP contribution in [-0.2, 0) is 16.6 Å². The van der Waals surface area contributed by atoms with Crippen LogP contribution < -0.4 is 14.8 Å². The minimum absolute atomic E-state index is 0.0157. The first-order valence-electron chi connectivity index (χ1n) is 12.2. The minimum Gasteiger partial charge on any atom is -0.490 e. The van der Waals surface area contributed by atoms with Crippen molar-refractivity contribution in [1.82, 2.24) is 4.90 Å². The summed E-state index contributed by atoms with van der Waals surface area (Å²) in [5.41, 5.74) is 9.59. The molecule has 37 heavy (non-hydrogen) atoms. The molecule has 0 radical (unpaired) electrons. The summed E-state index contributed by atoms with van der Waals surface area (Å²) in [6.07, 6.45) is 2.99. The van der Waals surface area contributed by atoms with Crippen molar-refractivity contribution in [3.8, 4) is 16.9 Å². The summed E-state index contributed by atoms with van der Waals surface area (Å²) in [7, 11) is -3.52. The number of sulfonamides is 1. The van der Waals surface area contributed by atoms with E-state index in [2.05, 4.69) is 0 Å². The smallest absolute Gasteiger partial charge is 0.232 e. The molecule has 0 atom stereocenters. The summed E-state index contributed by atoms with van der Waals surface area (Å²) < 4.78 is 32.8. The molecule has 1 aliphatic heterocycles. The van der Waals surface area contributed by atoms with Gasteiger partial charge in [0.15, 0.2) is 0 Å². The Bertz CT molecular complexity index is 1360. The molecular weight excluding hydrogens is 486 g/mol. The van der Waals surface area contributed by atoms with Crippen LogP contribution in [0.3, 0.4) is 0 Å². The van der Waals surface area contributed by atoms with Crippen LogP contribution in [0.15, 0.2) is 72.8 Å². The fourth-order valence-corrected chi connectivity index (χ4v) is 5.32. The average Bonchev–Trinajstić information content (AvgIpc) is 2.88. The minimum atomic E-state index is -3.52. The van der Waals surface area contributed by atoms with E-state index in [1.807, 2.05) is 59.5 Å². The van der Waals surface area contributed by atoms with Crippen LogP contribution in [0, 0.1) is 10.8 Å². The molecule has 3 aromatic carbocycles. The van der Waals surface area contributed by atoms with Crippen molar-refractivity contribution >= 4 is 27.4 Å². The number of nitrogens with two attached hydrogens (primary N) is 1. The van der Waals surface area contributed by atoms with Gasteiger partial charge in [0.1, 0.15) is 17.7 Å². The van der Waals surface area contributed by atoms with Crippen molar-refractivity contribution in [2.45, 2.75) is 32.4 Å². The Morgan fingerprint density at radius 1 is 1.00 bits per heavy atom. The molecule has 0 aromatic heterocycles. The van der Waals surface area contributed by atoms with Gasteiger partial charge in [-0.2, -0.15) is 0 Å². The normalized spacial score (nSPS) is 14.3. The molecule has 0 unspecified atom stereocenters. The van der Waals surface area contributed by atoms with Gasteiger partial charge in [-0.05, 0) is 53.9 Å². The molecule has 1 aliphatic rings. The third-order valence-corrected chi connectivity index (χ3v) is 7.67. The van der Waals surface area contributed by atoms with Gasteiger partial charge in [-0.3, -0.25) is 15.1 Å². The first kappa shape index (κ1) is 26.2. The van der Waals surface area contributed by atoms with E-state index in [9.17, 15) is 8.42 Å². The number of piperidine rings is 1. The monoisotopic (exact) mass is 519 g/mol. The summed E-state index contributed by atoms with van der Waals surface area (Å²) in [6.45, 7) is 3.62. The Kier molecular flexibility index (Phi) is 7.83. The highest BCUT2D eigenvalue weighted by Crippen LogP contribution is 2.27. The SMILES string of the molecule is CC(=N)N1CCC(Oc2ccc(N(Cc3ccc(-c4cccc(C(=N)N)c4)cc3)S(C)(=O)=O)cc2)CC1. The molecular formula is C28H33N5O3S. The van der Waals surface area contributed by atoms with Gasteiger partial charge in [-0.1, -0.05) is 42.5 Å². The van der Waals surface area contributed by atoms with E-state index in [1.54, 1.807) is 25.1 Å². The average molecular weight is 520 g/mol. The highest BCUT2D eigenvalue weighted by atomic mass is 32.2. The summed E-state index contributed by atoms with van der Waals surface area (Å²) in [6, 6.07) is 22.3. The molecule has 0 bridgehead atoms. The van der Waals surface area contributed by atoms with E-state index in [4.69, 9.17) is 21.3 Å². The molecule has 0 saturated carbocycles. The summed E-state index contributed by atoms with van der Waals surface area (Å²) in [5.74, 6) is 1.31. The van der Waals surface area contributed by atoms with Crippen LogP contribution in [0.2, 0.25) is 0 Å². The van der Waals surface area contributed by atoms with Crippen LogP contribution in [0.25, 0.3) is 11.1 Å². The van der Waals surface area contributed by atoms with Gasteiger partial charge >= 0.3 is 0 Å². The number of nitrogen functional groups attached to an aromatic ring is 1. The van der Waals surface area contributed by atoms with Crippen molar-refractivity contribution in [2.24, 2.45) is 5.73 Å². The molecule has 1 fully saturated rings. The number of hydrogen-bond acceptors (Lipinski definition) is 5. The van der Waals surface area contributed by atoms with Gasteiger partial charge in [0.05, 0.1) is 24.3 Å². The zero-order valence-corrected chi connectivity index (χ0v) is 22.0. The van der Waals surface area contributed by atoms with Crippen molar-refractivity contribution in [3.05, 3.63) is 83.9 Å². The van der Waals surface area contributed by atoms with Crippen LogP contribution >= 0.6 is 0 Å². The molecule has 9 heteroatoms. The maximum Gasteiger partial charge on any atom is 0.232 e. The fraction of sp³-hybridized carbons (Fsp3) is 0.286. The number of ether oxygens (including phenoxy) is 1. The quantitative estimate of drug-likeness (QED) is 0.300. The van der Waals surface area contributed by atoms with Crippen LogP contribution in [-0.4, -0.2) is 50.4 Å². The van der Waals surface area contributed by atoms with Gasteiger partial charge < -0.3 is 15.4 Å². The predicted molar refractivity (Wildman–Crippen MR) is 149 cm³/mol. The summed E-state index contributed by atoms with van der Waals surface area (Å²) in [5, 5.41) is 15.4. The topological polar surface area (TPSA) is 124 Å². The number of hydrogen-bond donors (Lipinski definition) is 3. The van der Waals surface area contributed by atoms with E-state index >= 15 is 0 Å². The Labute approximate surface area is 218 Å². The number of likely N-dealkylation sites (tertiary alicyclic amines) is 1. The Balaban J connectivity index is 1.45. The zero-order chi connectivity index (χ0) is 26.6. The molecule has 0 aliphatic carbocycles. The maximum atomic E-state index is 12.7. The maximum absolute atomic E-state index is 12.7. The number of nitrogens with one attached hydrogen (secondary N) is 2. The first-order valence-corrected chi connectivity index (χ1v) is 14.0. The number of anilines is 1. The van der Waals surface area contributed by atoms with Gasteiger partial charge in [0.2, 0.25) is 10.0 Å². The standard InChI is InChI=1S/C28H33N5O3S/c1-20(29)32-16-14-27(15-17-32)36-26-12-10-25(11-13-26)33(37(2,34)35)19-21-6-8-22(9-7-21)23-4-3-5-24(18-23)28(30)31/h3-13,18,27,29H,14-17,19H2,1-2H3,(H3,30,31). The number of nitrogens with zero attached hydrogens (tertiary/aromatic N) is 2. The zero-order valence-electron chi connectivity index (χ0n) is 21.1. The molecule has 0 amide bonds. The molecule has 4 rings (SSSR count). The van der Waals surface area contributed by atoms with Gasteiger partial charge in [-0.15, -0.1) is 0 Å². The highest BCUT2D eigenvalue weighted by Gasteiger charge is 2.22. The summed E-state index contributed by atoms with van der Waals surface area (Å²) in [4.78, 5) is 2.04. The van der Waals surface area contributed by atoms with Crippen LogP contribution in [0.5, 0.6) is 5.75 Å². The lowest BCUT2D eigenvalue weighted by Crippen LogP contribution is -2.40. The second-order valence-electron chi connectivity index (χ2n) is 9.34. The Morgan fingerprint density at radius 3 is 2.22 bits per heavy atom. The molecule has 1 saturated heterocycles. The van der Waals surface area contributed by atoms with Crippen molar-refractivity contribution in [2.75, 3.05) is 23.7 Å². The van der Waals surface area contributed by atoms with Crippen molar-refractivity contribution < 1.29 is 13.2 Å². The lowest BCUT2D eigenvalue weighted by Gasteiger charge is -2.32. The molecule has 1 heterocycles. The Morgan fingerprint density at radius 2 is 1.65 bits per heavy atom. The second-order valence-corrected chi connectivity index (χ2v) is 11.3. The highest BCUT2D eigenvalue weighted by molar-refractivity contribution is 7.92. The lowest BCUT2D eigenvalue weighted by molar-refractivity contribution is 0.130. The molecule has 194 valence electrons. The number of amidine groups is 2. The van der Waals surface area contributed by atoms with E-state index in [0.717, 1.165) is 42.6 Å². The number of benzene rings is 3. The molecule has 0 spiro atoms. The van der Waals surface area contributed by atoms with Crippen molar-refractivity contribution in [3.63, 3.8) is 0 Å². The Hall–Kier alpha value is -3.85.